The topological polar surface area (TPSA) is 57.0 Å². The van der Waals surface area contributed by atoms with Crippen molar-refractivity contribution in [3.63, 3.8) is 0 Å². The van der Waals surface area contributed by atoms with Crippen molar-refractivity contribution >= 4 is 22.4 Å². The molecule has 1 saturated heterocycles. The van der Waals surface area contributed by atoms with Crippen LogP contribution in [0.15, 0.2) is 5.38 Å². The predicted octanol–water partition coefficient (Wildman–Crippen LogP) is 2.32. The van der Waals surface area contributed by atoms with Crippen molar-refractivity contribution in [2.24, 2.45) is 5.92 Å². The molecule has 0 aliphatic carbocycles. The van der Waals surface area contributed by atoms with Crippen LogP contribution in [0.25, 0.3) is 0 Å². The van der Waals surface area contributed by atoms with E-state index in [0.717, 1.165) is 10.8 Å². The third-order valence-electron chi connectivity index (χ3n) is 2.80. The Morgan fingerprint density at radius 2 is 2.29 bits per heavy atom. The number of rotatable bonds is 1. The van der Waals surface area contributed by atoms with Gasteiger partial charge in [-0.1, -0.05) is 20.8 Å². The largest absolute Gasteiger partial charge is 0.287 e. The van der Waals surface area contributed by atoms with Gasteiger partial charge in [0.2, 0.25) is 5.91 Å². The van der Waals surface area contributed by atoms with Gasteiger partial charge in [-0.3, -0.25) is 9.69 Å². The van der Waals surface area contributed by atoms with E-state index in [1.807, 2.05) is 5.38 Å². The summed E-state index contributed by atoms with van der Waals surface area (Å²) >= 11 is 1.47. The first-order valence-corrected chi connectivity index (χ1v) is 6.46. The Morgan fingerprint density at radius 1 is 1.59 bits per heavy atom. The third kappa shape index (κ3) is 2.32. The number of nitrogens with zero attached hydrogens (tertiary/aromatic N) is 3. The number of aromatic nitrogens is 1. The summed E-state index contributed by atoms with van der Waals surface area (Å²) in [6.07, 6.45) is 0.320. The van der Waals surface area contributed by atoms with Crippen molar-refractivity contribution in [1.29, 1.82) is 5.26 Å². The Kier molecular flexibility index (Phi) is 2.92. The fraction of sp³-hybridized carbons (Fsp3) is 0.583. The Morgan fingerprint density at radius 3 is 2.76 bits per heavy atom. The molecular formula is C12H15N3OS. The molecule has 1 fully saturated rings. The Balaban J connectivity index is 2.22. The van der Waals surface area contributed by atoms with E-state index in [4.69, 9.17) is 5.26 Å². The molecule has 90 valence electrons. The molecule has 5 heteroatoms. The molecule has 1 aromatic rings. The van der Waals surface area contributed by atoms with E-state index in [1.165, 1.54) is 11.3 Å². The van der Waals surface area contributed by atoms with Gasteiger partial charge in [-0.25, -0.2) is 4.98 Å². The molecular weight excluding hydrogens is 234 g/mol. The van der Waals surface area contributed by atoms with Crippen LogP contribution in [0.1, 0.15) is 32.9 Å². The van der Waals surface area contributed by atoms with Crippen LogP contribution in [0.3, 0.4) is 0 Å². The van der Waals surface area contributed by atoms with Crippen molar-refractivity contribution in [2.75, 3.05) is 11.4 Å². The summed E-state index contributed by atoms with van der Waals surface area (Å²) in [5.74, 6) is -0.184. The fourth-order valence-electron chi connectivity index (χ4n) is 1.71. The summed E-state index contributed by atoms with van der Waals surface area (Å²) in [4.78, 5) is 17.9. The maximum Gasteiger partial charge on any atom is 0.230 e. The Hall–Kier alpha value is -1.41. The number of carbonyl (C=O) groups is 1. The first kappa shape index (κ1) is 12.1. The third-order valence-corrected chi connectivity index (χ3v) is 3.66. The van der Waals surface area contributed by atoms with Gasteiger partial charge < -0.3 is 0 Å². The standard InChI is InChI=1S/C12H15N3OS/c1-12(2,3)9-7-17-11(14-9)15-6-8(5-13)4-10(15)16/h7-8H,4,6H2,1-3H3. The molecule has 1 aliphatic heterocycles. The molecule has 1 unspecified atom stereocenters. The van der Waals surface area contributed by atoms with Crippen molar-refractivity contribution in [2.45, 2.75) is 32.6 Å². The number of anilines is 1. The van der Waals surface area contributed by atoms with Gasteiger partial charge in [-0.2, -0.15) is 5.26 Å². The molecule has 17 heavy (non-hydrogen) atoms. The first-order valence-electron chi connectivity index (χ1n) is 5.58. The summed E-state index contributed by atoms with van der Waals surface area (Å²) in [6.45, 7) is 6.76. The monoisotopic (exact) mass is 249 g/mol. The maximum absolute atomic E-state index is 11.7. The normalized spacial score (nSPS) is 20.7. The molecule has 0 N–H and O–H groups in total. The van der Waals surface area contributed by atoms with E-state index < -0.39 is 0 Å². The van der Waals surface area contributed by atoms with Crippen LogP contribution >= 0.6 is 11.3 Å². The summed E-state index contributed by atoms with van der Waals surface area (Å²) in [5, 5.41) is 11.5. The number of hydrogen-bond donors (Lipinski definition) is 0. The van der Waals surface area contributed by atoms with Gasteiger partial charge >= 0.3 is 0 Å². The van der Waals surface area contributed by atoms with Gasteiger partial charge in [0, 0.05) is 23.8 Å². The van der Waals surface area contributed by atoms with Gasteiger partial charge in [0.05, 0.1) is 17.7 Å². The number of nitriles is 1. The van der Waals surface area contributed by atoms with Gasteiger partial charge in [0.15, 0.2) is 5.13 Å². The molecule has 2 heterocycles. The SMILES string of the molecule is CC(C)(C)c1csc(N2CC(C#N)CC2=O)n1. The highest BCUT2D eigenvalue weighted by Crippen LogP contribution is 2.31. The van der Waals surface area contributed by atoms with Crippen LogP contribution in [0, 0.1) is 17.2 Å². The lowest BCUT2D eigenvalue weighted by atomic mass is 9.93. The molecule has 0 saturated carbocycles. The molecule has 1 aliphatic rings. The number of thiazole rings is 1. The van der Waals surface area contributed by atoms with Gasteiger partial charge in [0.25, 0.3) is 0 Å². The van der Waals surface area contributed by atoms with E-state index in [9.17, 15) is 4.79 Å². The predicted molar refractivity (Wildman–Crippen MR) is 66.9 cm³/mol. The smallest absolute Gasteiger partial charge is 0.230 e. The zero-order valence-corrected chi connectivity index (χ0v) is 11.0. The molecule has 1 atom stereocenters. The summed E-state index contributed by atoms with van der Waals surface area (Å²) < 4.78 is 0. The van der Waals surface area contributed by atoms with E-state index in [-0.39, 0.29) is 17.2 Å². The molecule has 0 spiro atoms. The fourth-order valence-corrected chi connectivity index (χ4v) is 2.79. The molecule has 0 radical (unpaired) electrons. The molecule has 0 bridgehead atoms. The van der Waals surface area contributed by atoms with E-state index in [2.05, 4.69) is 31.8 Å². The molecule has 4 nitrogen and oxygen atoms in total. The van der Waals surface area contributed by atoms with Gasteiger partial charge in [-0.05, 0) is 0 Å². The highest BCUT2D eigenvalue weighted by Gasteiger charge is 2.32. The van der Waals surface area contributed by atoms with Crippen LogP contribution in [0.2, 0.25) is 0 Å². The quantitative estimate of drug-likeness (QED) is 0.767. The zero-order valence-electron chi connectivity index (χ0n) is 10.2. The lowest BCUT2D eigenvalue weighted by Gasteiger charge is -2.15. The first-order chi connectivity index (χ1) is 7.91. The minimum Gasteiger partial charge on any atom is -0.287 e. The van der Waals surface area contributed by atoms with E-state index in [1.54, 1.807) is 4.90 Å². The average molecular weight is 249 g/mol. The lowest BCUT2D eigenvalue weighted by Crippen LogP contribution is -2.24. The molecule has 1 aromatic heterocycles. The molecule has 1 amide bonds. The van der Waals surface area contributed by atoms with Crippen LogP contribution in [0.4, 0.5) is 5.13 Å². The van der Waals surface area contributed by atoms with Gasteiger partial charge in [-0.15, -0.1) is 11.3 Å². The summed E-state index contributed by atoms with van der Waals surface area (Å²) in [6, 6.07) is 2.15. The summed E-state index contributed by atoms with van der Waals surface area (Å²) in [5.41, 5.74) is 0.984. The lowest BCUT2D eigenvalue weighted by molar-refractivity contribution is -0.117. The Bertz CT molecular complexity index is 481. The number of amides is 1. The van der Waals surface area contributed by atoms with Crippen LogP contribution in [-0.4, -0.2) is 17.4 Å². The van der Waals surface area contributed by atoms with Gasteiger partial charge in [0.1, 0.15) is 0 Å². The van der Waals surface area contributed by atoms with Crippen molar-refractivity contribution in [1.82, 2.24) is 4.98 Å². The maximum atomic E-state index is 11.7. The van der Waals surface area contributed by atoms with Crippen molar-refractivity contribution < 1.29 is 4.79 Å². The average Bonchev–Trinajstić information content (AvgIpc) is 2.82. The van der Waals surface area contributed by atoms with Crippen molar-refractivity contribution in [3.8, 4) is 6.07 Å². The number of carbonyl (C=O) groups excluding carboxylic acids is 1. The Labute approximate surface area is 105 Å². The highest BCUT2D eigenvalue weighted by molar-refractivity contribution is 7.14. The van der Waals surface area contributed by atoms with E-state index in [0.29, 0.717) is 13.0 Å². The minimum atomic E-state index is -0.190. The zero-order chi connectivity index (χ0) is 12.6. The highest BCUT2D eigenvalue weighted by atomic mass is 32.1. The van der Waals surface area contributed by atoms with Crippen LogP contribution in [0.5, 0.6) is 0 Å². The summed E-state index contributed by atoms with van der Waals surface area (Å²) in [7, 11) is 0. The molecule has 2 rings (SSSR count). The second-order valence-corrected chi connectivity index (χ2v) is 6.14. The number of hydrogen-bond acceptors (Lipinski definition) is 4. The second-order valence-electron chi connectivity index (χ2n) is 5.30. The second kappa shape index (κ2) is 4.11. The molecule has 0 aromatic carbocycles. The van der Waals surface area contributed by atoms with Crippen molar-refractivity contribution in [3.05, 3.63) is 11.1 Å². The van der Waals surface area contributed by atoms with Crippen LogP contribution in [-0.2, 0) is 10.2 Å². The van der Waals surface area contributed by atoms with Crippen LogP contribution < -0.4 is 4.90 Å². The van der Waals surface area contributed by atoms with E-state index >= 15 is 0 Å². The minimum absolute atomic E-state index is 0.00589.